The third-order valence-electron chi connectivity index (χ3n) is 2.87. The van der Waals surface area contributed by atoms with Crippen LogP contribution in [0.1, 0.15) is 38.7 Å². The van der Waals surface area contributed by atoms with Crippen LogP contribution in [0.15, 0.2) is 23.3 Å². The molecule has 0 radical (unpaired) electrons. The molecular weight excluding hydrogens is 272 g/mol. The standard InChI is InChI=1S/C15H25ClN4/c1-3-5-6-10-18-15(17-4-2)19-11-9-13-7-8-14(16)20-12-13/h7-8,12H,3-6,9-11H2,1-2H3,(H2,17,18,19). The molecule has 0 bridgehead atoms. The van der Waals surface area contributed by atoms with E-state index in [1.807, 2.05) is 18.3 Å². The van der Waals surface area contributed by atoms with Gasteiger partial charge in [0, 0.05) is 25.8 Å². The molecule has 0 saturated heterocycles. The van der Waals surface area contributed by atoms with Gasteiger partial charge in [-0.2, -0.15) is 0 Å². The summed E-state index contributed by atoms with van der Waals surface area (Å²) in [4.78, 5) is 8.63. The van der Waals surface area contributed by atoms with E-state index < -0.39 is 0 Å². The Labute approximate surface area is 127 Å². The Balaban J connectivity index is 2.32. The molecule has 0 unspecified atom stereocenters. The zero-order valence-electron chi connectivity index (χ0n) is 12.5. The minimum Gasteiger partial charge on any atom is -0.357 e. The summed E-state index contributed by atoms with van der Waals surface area (Å²) in [6.07, 6.45) is 6.33. The number of halogens is 1. The average molecular weight is 297 g/mol. The van der Waals surface area contributed by atoms with Crippen molar-refractivity contribution in [3.63, 3.8) is 0 Å². The molecule has 0 saturated carbocycles. The molecule has 4 nitrogen and oxygen atoms in total. The van der Waals surface area contributed by atoms with Crippen molar-refractivity contribution in [2.24, 2.45) is 4.99 Å². The number of nitrogens with one attached hydrogen (secondary N) is 2. The number of hydrogen-bond acceptors (Lipinski definition) is 2. The molecule has 20 heavy (non-hydrogen) atoms. The fourth-order valence-electron chi connectivity index (χ4n) is 1.77. The highest BCUT2D eigenvalue weighted by Gasteiger charge is 1.98. The Morgan fingerprint density at radius 3 is 2.75 bits per heavy atom. The van der Waals surface area contributed by atoms with Gasteiger partial charge in [0.05, 0.1) is 0 Å². The van der Waals surface area contributed by atoms with Gasteiger partial charge in [-0.15, -0.1) is 0 Å². The van der Waals surface area contributed by atoms with Crippen molar-refractivity contribution in [1.29, 1.82) is 0 Å². The van der Waals surface area contributed by atoms with Crippen LogP contribution in [0.5, 0.6) is 0 Å². The molecular formula is C15H25ClN4. The highest BCUT2D eigenvalue weighted by molar-refractivity contribution is 6.29. The summed E-state index contributed by atoms with van der Waals surface area (Å²) < 4.78 is 0. The molecule has 0 amide bonds. The summed E-state index contributed by atoms with van der Waals surface area (Å²) in [5.41, 5.74) is 1.17. The molecule has 0 atom stereocenters. The van der Waals surface area contributed by atoms with E-state index in [4.69, 9.17) is 11.6 Å². The summed E-state index contributed by atoms with van der Waals surface area (Å²) in [5, 5.41) is 7.13. The molecule has 1 aromatic rings. The van der Waals surface area contributed by atoms with E-state index in [0.717, 1.165) is 38.4 Å². The minimum absolute atomic E-state index is 0.535. The molecule has 112 valence electrons. The van der Waals surface area contributed by atoms with Gasteiger partial charge in [-0.1, -0.05) is 37.4 Å². The Morgan fingerprint density at radius 1 is 1.25 bits per heavy atom. The fraction of sp³-hybridized carbons (Fsp3) is 0.600. The molecule has 0 aliphatic rings. The van der Waals surface area contributed by atoms with Crippen molar-refractivity contribution in [3.05, 3.63) is 29.0 Å². The number of hydrogen-bond donors (Lipinski definition) is 2. The fourth-order valence-corrected chi connectivity index (χ4v) is 1.89. The number of guanidine groups is 1. The molecule has 1 rings (SSSR count). The van der Waals surface area contributed by atoms with Gasteiger partial charge in [0.25, 0.3) is 0 Å². The maximum Gasteiger partial charge on any atom is 0.191 e. The number of aliphatic imine (C=N–C) groups is 1. The van der Waals surface area contributed by atoms with Crippen LogP contribution >= 0.6 is 11.6 Å². The van der Waals surface area contributed by atoms with Gasteiger partial charge in [-0.25, -0.2) is 4.98 Å². The van der Waals surface area contributed by atoms with Crippen LogP contribution in [0.25, 0.3) is 0 Å². The van der Waals surface area contributed by atoms with E-state index in [2.05, 4.69) is 34.5 Å². The molecule has 1 heterocycles. The quantitative estimate of drug-likeness (QED) is 0.335. The minimum atomic E-state index is 0.535. The zero-order chi connectivity index (χ0) is 14.6. The van der Waals surface area contributed by atoms with E-state index in [-0.39, 0.29) is 0 Å². The molecule has 0 fully saturated rings. The lowest BCUT2D eigenvalue weighted by atomic mass is 10.2. The highest BCUT2D eigenvalue weighted by Crippen LogP contribution is 2.05. The zero-order valence-corrected chi connectivity index (χ0v) is 13.2. The molecule has 0 aliphatic heterocycles. The van der Waals surface area contributed by atoms with Crippen LogP contribution in [0.4, 0.5) is 0 Å². The third-order valence-corrected chi connectivity index (χ3v) is 3.09. The molecule has 2 N–H and O–H groups in total. The van der Waals surface area contributed by atoms with Gasteiger partial charge in [0.1, 0.15) is 5.15 Å². The second-order valence-electron chi connectivity index (χ2n) is 4.63. The van der Waals surface area contributed by atoms with Crippen molar-refractivity contribution >= 4 is 17.6 Å². The van der Waals surface area contributed by atoms with Gasteiger partial charge < -0.3 is 10.6 Å². The first kappa shape index (κ1) is 16.8. The first-order chi connectivity index (χ1) is 9.76. The van der Waals surface area contributed by atoms with E-state index in [0.29, 0.717) is 5.15 Å². The lowest BCUT2D eigenvalue weighted by Crippen LogP contribution is -2.38. The van der Waals surface area contributed by atoms with E-state index in [9.17, 15) is 0 Å². The number of pyridine rings is 1. The van der Waals surface area contributed by atoms with Crippen LogP contribution in [0.2, 0.25) is 5.15 Å². The summed E-state index contributed by atoms with van der Waals surface area (Å²) in [6, 6.07) is 3.82. The Bertz CT molecular complexity index is 389. The van der Waals surface area contributed by atoms with Crippen molar-refractivity contribution in [2.75, 3.05) is 19.6 Å². The summed E-state index contributed by atoms with van der Waals surface area (Å²) in [5.74, 6) is 0.894. The predicted octanol–water partition coefficient (Wildman–Crippen LogP) is 3.02. The topological polar surface area (TPSA) is 49.3 Å². The SMILES string of the molecule is CCCCCN=C(NCC)NCCc1ccc(Cl)nc1. The van der Waals surface area contributed by atoms with Crippen LogP contribution in [0, 0.1) is 0 Å². The number of aromatic nitrogens is 1. The molecule has 5 heteroatoms. The van der Waals surface area contributed by atoms with Gasteiger partial charge in [0.2, 0.25) is 0 Å². The second kappa shape index (κ2) is 10.5. The second-order valence-corrected chi connectivity index (χ2v) is 5.02. The highest BCUT2D eigenvalue weighted by atomic mass is 35.5. The van der Waals surface area contributed by atoms with E-state index >= 15 is 0 Å². The van der Waals surface area contributed by atoms with E-state index in [1.54, 1.807) is 0 Å². The van der Waals surface area contributed by atoms with Crippen molar-refractivity contribution in [2.45, 2.75) is 39.5 Å². The van der Waals surface area contributed by atoms with Crippen molar-refractivity contribution in [3.8, 4) is 0 Å². The molecule has 1 aromatic heterocycles. The van der Waals surface area contributed by atoms with Gasteiger partial charge in [0.15, 0.2) is 5.96 Å². The Hall–Kier alpha value is -1.29. The van der Waals surface area contributed by atoms with Crippen LogP contribution in [-0.2, 0) is 6.42 Å². The smallest absolute Gasteiger partial charge is 0.191 e. The maximum atomic E-state index is 5.76. The summed E-state index contributed by atoms with van der Waals surface area (Å²) in [6.45, 7) is 6.87. The number of unbranched alkanes of at least 4 members (excludes halogenated alkanes) is 2. The lowest BCUT2D eigenvalue weighted by Gasteiger charge is -2.11. The third kappa shape index (κ3) is 7.34. The van der Waals surface area contributed by atoms with Crippen molar-refractivity contribution in [1.82, 2.24) is 15.6 Å². The molecule has 0 aromatic carbocycles. The van der Waals surface area contributed by atoms with Gasteiger partial charge >= 0.3 is 0 Å². The maximum absolute atomic E-state index is 5.76. The molecule has 0 aliphatic carbocycles. The first-order valence-corrected chi connectivity index (χ1v) is 7.76. The molecule has 0 spiro atoms. The van der Waals surface area contributed by atoms with Gasteiger partial charge in [-0.05, 0) is 31.4 Å². The number of nitrogens with zero attached hydrogens (tertiary/aromatic N) is 2. The lowest BCUT2D eigenvalue weighted by molar-refractivity contribution is 0.716. The number of rotatable bonds is 8. The Morgan fingerprint density at radius 2 is 2.10 bits per heavy atom. The first-order valence-electron chi connectivity index (χ1n) is 7.38. The largest absolute Gasteiger partial charge is 0.357 e. The summed E-state index contributed by atoms with van der Waals surface area (Å²) >= 11 is 5.76. The van der Waals surface area contributed by atoms with Gasteiger partial charge in [-0.3, -0.25) is 4.99 Å². The van der Waals surface area contributed by atoms with E-state index in [1.165, 1.54) is 18.4 Å². The van der Waals surface area contributed by atoms with Crippen LogP contribution in [-0.4, -0.2) is 30.6 Å². The summed E-state index contributed by atoms with van der Waals surface area (Å²) in [7, 11) is 0. The van der Waals surface area contributed by atoms with Crippen LogP contribution < -0.4 is 10.6 Å². The van der Waals surface area contributed by atoms with Crippen LogP contribution in [0.3, 0.4) is 0 Å². The Kier molecular flexibility index (Phi) is 8.79. The predicted molar refractivity (Wildman–Crippen MR) is 86.5 cm³/mol. The van der Waals surface area contributed by atoms with Crippen molar-refractivity contribution < 1.29 is 0 Å². The normalized spacial score (nSPS) is 11.4. The monoisotopic (exact) mass is 296 g/mol. The average Bonchev–Trinajstić information content (AvgIpc) is 2.45.